The van der Waals surface area contributed by atoms with Gasteiger partial charge in [0.2, 0.25) is 5.28 Å². The number of anilines is 2. The van der Waals surface area contributed by atoms with Crippen molar-refractivity contribution in [2.75, 3.05) is 11.9 Å². The number of aromatic nitrogens is 4. The first kappa shape index (κ1) is 22.3. The number of carbonyl (C=O) groups is 2. The molecule has 2 amide bonds. The van der Waals surface area contributed by atoms with E-state index in [0.717, 1.165) is 10.5 Å². The van der Waals surface area contributed by atoms with E-state index in [1.807, 2.05) is 0 Å². The number of imide groups is 1. The molecule has 34 heavy (non-hydrogen) atoms. The SMILES string of the molecule is CC(C)(C)OC(=O)N1CCc2[nH]c3c(c2C1=O)CCc1cnc(Nc2ccnc(Cl)n2)c(F)c1-3. The highest BCUT2D eigenvalue weighted by atomic mass is 35.5. The highest BCUT2D eigenvalue weighted by Crippen LogP contribution is 2.41. The number of aromatic amines is 1. The van der Waals surface area contributed by atoms with Gasteiger partial charge in [-0.2, -0.15) is 0 Å². The zero-order chi connectivity index (χ0) is 24.2. The van der Waals surface area contributed by atoms with Gasteiger partial charge in [-0.1, -0.05) is 0 Å². The summed E-state index contributed by atoms with van der Waals surface area (Å²) in [5.74, 6) is -0.713. The summed E-state index contributed by atoms with van der Waals surface area (Å²) >= 11 is 5.82. The highest BCUT2D eigenvalue weighted by molar-refractivity contribution is 6.28. The Morgan fingerprint density at radius 3 is 2.76 bits per heavy atom. The topological polar surface area (TPSA) is 113 Å². The largest absolute Gasteiger partial charge is 0.443 e. The smallest absolute Gasteiger partial charge is 0.417 e. The molecule has 0 aromatic carbocycles. The van der Waals surface area contributed by atoms with Crippen LogP contribution in [0, 0.1) is 5.82 Å². The van der Waals surface area contributed by atoms with E-state index in [-0.39, 0.29) is 17.6 Å². The molecule has 0 saturated carbocycles. The van der Waals surface area contributed by atoms with Crippen LogP contribution in [0.2, 0.25) is 5.28 Å². The Labute approximate surface area is 199 Å². The fraction of sp³-hybridized carbons (Fsp3) is 0.348. The van der Waals surface area contributed by atoms with Crippen LogP contribution in [0.1, 0.15) is 48.0 Å². The molecule has 1 aliphatic carbocycles. The lowest BCUT2D eigenvalue weighted by atomic mass is 9.88. The predicted molar refractivity (Wildman–Crippen MR) is 123 cm³/mol. The minimum absolute atomic E-state index is 0.0179. The number of amides is 2. The van der Waals surface area contributed by atoms with E-state index in [1.165, 1.54) is 6.20 Å². The third-order valence-electron chi connectivity index (χ3n) is 5.70. The van der Waals surface area contributed by atoms with Gasteiger partial charge in [0.05, 0.1) is 11.3 Å². The molecule has 4 heterocycles. The second-order valence-corrected chi connectivity index (χ2v) is 9.51. The summed E-state index contributed by atoms with van der Waals surface area (Å²) in [6, 6.07) is 1.55. The van der Waals surface area contributed by atoms with Crippen molar-refractivity contribution < 1.29 is 18.7 Å². The van der Waals surface area contributed by atoms with Crippen molar-refractivity contribution in [2.45, 2.75) is 45.6 Å². The summed E-state index contributed by atoms with van der Waals surface area (Å²) < 4.78 is 21.1. The Morgan fingerprint density at radius 1 is 1.24 bits per heavy atom. The lowest BCUT2D eigenvalue weighted by molar-refractivity contribution is 0.0233. The van der Waals surface area contributed by atoms with Crippen LogP contribution in [0.5, 0.6) is 0 Å². The van der Waals surface area contributed by atoms with Crippen LogP contribution in [-0.4, -0.2) is 49.0 Å². The number of ether oxygens (including phenoxy) is 1. The van der Waals surface area contributed by atoms with Gasteiger partial charge in [0.25, 0.3) is 5.91 Å². The molecule has 2 aliphatic rings. The molecule has 0 spiro atoms. The van der Waals surface area contributed by atoms with Crippen molar-refractivity contribution in [3.05, 3.63) is 51.9 Å². The number of H-pyrrole nitrogens is 1. The Bertz CT molecular complexity index is 1330. The number of hydrogen-bond donors (Lipinski definition) is 2. The number of pyridine rings is 1. The number of aryl methyl sites for hydroxylation is 1. The highest BCUT2D eigenvalue weighted by Gasteiger charge is 2.38. The zero-order valence-corrected chi connectivity index (χ0v) is 19.6. The van der Waals surface area contributed by atoms with E-state index in [4.69, 9.17) is 16.3 Å². The van der Waals surface area contributed by atoms with Crippen LogP contribution >= 0.6 is 11.6 Å². The van der Waals surface area contributed by atoms with E-state index < -0.39 is 23.4 Å². The Hall–Kier alpha value is -3.53. The van der Waals surface area contributed by atoms with Crippen molar-refractivity contribution in [3.8, 4) is 11.3 Å². The van der Waals surface area contributed by atoms with Gasteiger partial charge >= 0.3 is 6.09 Å². The van der Waals surface area contributed by atoms with Gasteiger partial charge in [0.1, 0.15) is 11.4 Å². The predicted octanol–water partition coefficient (Wildman–Crippen LogP) is 4.43. The lowest BCUT2D eigenvalue weighted by Gasteiger charge is -2.29. The van der Waals surface area contributed by atoms with Gasteiger partial charge in [0.15, 0.2) is 11.6 Å². The monoisotopic (exact) mass is 484 g/mol. The fourth-order valence-electron chi connectivity index (χ4n) is 4.31. The molecule has 0 bridgehead atoms. The number of rotatable bonds is 2. The van der Waals surface area contributed by atoms with Gasteiger partial charge in [0, 0.05) is 36.6 Å². The molecule has 9 nitrogen and oxygen atoms in total. The molecule has 176 valence electrons. The van der Waals surface area contributed by atoms with E-state index in [0.29, 0.717) is 53.2 Å². The third kappa shape index (κ3) is 3.87. The second-order valence-electron chi connectivity index (χ2n) is 9.18. The van der Waals surface area contributed by atoms with Crippen LogP contribution in [0.4, 0.5) is 20.8 Å². The van der Waals surface area contributed by atoms with E-state index in [2.05, 4.69) is 25.3 Å². The molecule has 3 aromatic heterocycles. The average Bonchev–Trinajstić information content (AvgIpc) is 3.14. The number of halogens is 2. The van der Waals surface area contributed by atoms with Gasteiger partial charge in [-0.05, 0) is 62.4 Å². The summed E-state index contributed by atoms with van der Waals surface area (Å²) in [6.45, 7) is 5.43. The molecular formula is C23H22ClFN6O3. The molecular weight excluding hydrogens is 463 g/mol. The summed E-state index contributed by atoms with van der Waals surface area (Å²) in [4.78, 5) is 42.3. The van der Waals surface area contributed by atoms with Crippen LogP contribution in [0.25, 0.3) is 11.3 Å². The van der Waals surface area contributed by atoms with Crippen LogP contribution < -0.4 is 5.32 Å². The summed E-state index contributed by atoms with van der Waals surface area (Å²) in [7, 11) is 0. The molecule has 5 rings (SSSR count). The Balaban J connectivity index is 1.52. The van der Waals surface area contributed by atoms with Crippen LogP contribution in [-0.2, 0) is 24.0 Å². The summed E-state index contributed by atoms with van der Waals surface area (Å²) in [5, 5.41) is 2.86. The Kier molecular flexibility index (Phi) is 5.27. The molecule has 0 fully saturated rings. The quantitative estimate of drug-likeness (QED) is 0.517. The average molecular weight is 485 g/mol. The molecule has 0 unspecified atom stereocenters. The Morgan fingerprint density at radius 2 is 2.03 bits per heavy atom. The van der Waals surface area contributed by atoms with Gasteiger partial charge in [-0.3, -0.25) is 4.79 Å². The number of hydrogen-bond acceptors (Lipinski definition) is 7. The maximum absolute atomic E-state index is 15.7. The number of nitrogens with one attached hydrogen (secondary N) is 2. The van der Waals surface area contributed by atoms with Crippen molar-refractivity contribution in [2.24, 2.45) is 0 Å². The first-order valence-electron chi connectivity index (χ1n) is 10.8. The normalized spacial score (nSPS) is 14.9. The van der Waals surface area contributed by atoms with Crippen molar-refractivity contribution in [3.63, 3.8) is 0 Å². The molecule has 0 radical (unpaired) electrons. The molecule has 1 aliphatic heterocycles. The third-order valence-corrected chi connectivity index (χ3v) is 5.89. The second kappa shape index (κ2) is 8.05. The van der Waals surface area contributed by atoms with Crippen molar-refractivity contribution in [1.29, 1.82) is 0 Å². The minimum atomic E-state index is -0.721. The first-order valence-corrected chi connectivity index (χ1v) is 11.2. The molecule has 0 saturated heterocycles. The van der Waals surface area contributed by atoms with Crippen LogP contribution in [0.15, 0.2) is 18.5 Å². The molecule has 0 atom stereocenters. The van der Waals surface area contributed by atoms with Gasteiger partial charge < -0.3 is 15.0 Å². The standard InChI is InChI=1S/C23H22ClFN6O3/c1-23(2,3)34-22(33)31-9-7-13-16(20(31)32)12-5-4-11-10-27-19(17(25)15(11)18(12)28-13)29-14-6-8-26-21(24)30-14/h6,8,10,28H,4-5,7,9H2,1-3H3,(H,26,27,29,30). The van der Waals surface area contributed by atoms with Crippen molar-refractivity contribution in [1.82, 2.24) is 24.8 Å². The van der Waals surface area contributed by atoms with Crippen LogP contribution in [0.3, 0.4) is 0 Å². The fourth-order valence-corrected chi connectivity index (χ4v) is 4.46. The van der Waals surface area contributed by atoms with Gasteiger partial charge in [-0.15, -0.1) is 0 Å². The summed E-state index contributed by atoms with van der Waals surface area (Å²) in [6.07, 6.45) is 3.85. The minimum Gasteiger partial charge on any atom is -0.443 e. The summed E-state index contributed by atoms with van der Waals surface area (Å²) in [5.41, 5.74) is 2.70. The molecule has 11 heteroatoms. The number of nitrogens with zero attached hydrogens (tertiary/aromatic N) is 4. The number of fused-ring (bicyclic) bond motifs is 5. The first-order chi connectivity index (χ1) is 16.1. The molecule has 3 aromatic rings. The van der Waals surface area contributed by atoms with E-state index in [9.17, 15) is 9.59 Å². The van der Waals surface area contributed by atoms with Crippen molar-refractivity contribution >= 4 is 35.2 Å². The zero-order valence-electron chi connectivity index (χ0n) is 18.8. The lowest BCUT2D eigenvalue weighted by Crippen LogP contribution is -2.44. The maximum Gasteiger partial charge on any atom is 0.417 e. The van der Waals surface area contributed by atoms with E-state index in [1.54, 1.807) is 33.0 Å². The maximum atomic E-state index is 15.7. The number of carbonyl (C=O) groups excluding carboxylic acids is 2. The molecule has 2 N–H and O–H groups in total. The van der Waals surface area contributed by atoms with E-state index >= 15 is 4.39 Å². The van der Waals surface area contributed by atoms with Gasteiger partial charge in [-0.25, -0.2) is 29.0 Å².